The number of nitrogens with zero attached hydrogens (tertiary/aromatic N) is 1. The van der Waals surface area contributed by atoms with E-state index in [-0.39, 0.29) is 12.5 Å². The van der Waals surface area contributed by atoms with E-state index in [1.54, 1.807) is 0 Å². The first kappa shape index (κ1) is 16.3. The van der Waals surface area contributed by atoms with Crippen LogP contribution in [0.4, 0.5) is 0 Å². The van der Waals surface area contributed by atoms with E-state index >= 15 is 0 Å². The van der Waals surface area contributed by atoms with Gasteiger partial charge in [-0.25, -0.2) is 0 Å². The molecule has 0 bridgehead atoms. The van der Waals surface area contributed by atoms with Crippen LogP contribution in [0.15, 0.2) is 0 Å². The van der Waals surface area contributed by atoms with Crippen LogP contribution in [-0.2, 0) is 9.59 Å². The Morgan fingerprint density at radius 2 is 1.90 bits per heavy atom. The lowest BCUT2D eigenvalue weighted by molar-refractivity contribution is -0.146. The predicted octanol–water partition coefficient (Wildman–Crippen LogP) is 2.01. The summed E-state index contributed by atoms with van der Waals surface area (Å²) in [4.78, 5) is 25.4. The van der Waals surface area contributed by atoms with Gasteiger partial charge in [-0.2, -0.15) is 0 Å². The van der Waals surface area contributed by atoms with Crippen molar-refractivity contribution in [1.29, 1.82) is 0 Å². The van der Waals surface area contributed by atoms with Crippen LogP contribution in [-0.4, -0.2) is 47.1 Å². The molecule has 2 rings (SSSR count). The van der Waals surface area contributed by atoms with Crippen molar-refractivity contribution in [3.63, 3.8) is 0 Å². The molecule has 0 aromatic carbocycles. The standard InChI is InChI=1S/C16H28N2O3/c1-2-12-8-9-18(14(10-12)16(20)21)11-15(19)17-13-6-4-3-5-7-13/h12-14H,2-11H2,1H3,(H,17,19)(H,20,21). The number of aliphatic carboxylic acids is 1. The molecule has 5 heteroatoms. The monoisotopic (exact) mass is 296 g/mol. The SMILES string of the molecule is CCC1CCN(CC(=O)NC2CCCCC2)C(C(=O)O)C1. The second kappa shape index (κ2) is 7.78. The molecule has 0 radical (unpaired) electrons. The van der Waals surface area contributed by atoms with Crippen LogP contribution in [0, 0.1) is 5.92 Å². The molecule has 1 saturated carbocycles. The molecule has 1 aliphatic heterocycles. The van der Waals surface area contributed by atoms with E-state index < -0.39 is 12.0 Å². The smallest absolute Gasteiger partial charge is 0.320 e. The maximum atomic E-state index is 12.2. The highest BCUT2D eigenvalue weighted by atomic mass is 16.4. The number of piperidine rings is 1. The van der Waals surface area contributed by atoms with Crippen molar-refractivity contribution in [3.05, 3.63) is 0 Å². The Morgan fingerprint density at radius 1 is 1.19 bits per heavy atom. The summed E-state index contributed by atoms with van der Waals surface area (Å²) in [7, 11) is 0. The molecule has 21 heavy (non-hydrogen) atoms. The lowest BCUT2D eigenvalue weighted by Gasteiger charge is -2.36. The van der Waals surface area contributed by atoms with Crippen molar-refractivity contribution < 1.29 is 14.7 Å². The van der Waals surface area contributed by atoms with Crippen molar-refractivity contribution in [2.75, 3.05) is 13.1 Å². The molecule has 2 fully saturated rings. The van der Waals surface area contributed by atoms with Gasteiger partial charge in [0.05, 0.1) is 6.54 Å². The van der Waals surface area contributed by atoms with Crippen molar-refractivity contribution in [3.8, 4) is 0 Å². The zero-order valence-corrected chi connectivity index (χ0v) is 13.0. The first-order valence-electron chi connectivity index (χ1n) is 8.36. The van der Waals surface area contributed by atoms with Gasteiger partial charge in [0.2, 0.25) is 5.91 Å². The average molecular weight is 296 g/mol. The van der Waals surface area contributed by atoms with Crippen LogP contribution in [0.25, 0.3) is 0 Å². The number of hydrogen-bond donors (Lipinski definition) is 2. The third-order valence-corrected chi connectivity index (χ3v) is 5.00. The zero-order valence-electron chi connectivity index (χ0n) is 13.0. The largest absolute Gasteiger partial charge is 0.480 e. The molecule has 2 aliphatic rings. The number of rotatable bonds is 5. The molecule has 120 valence electrons. The fourth-order valence-corrected chi connectivity index (χ4v) is 3.61. The Labute approximate surface area is 127 Å². The summed E-state index contributed by atoms with van der Waals surface area (Å²) in [5, 5.41) is 12.5. The summed E-state index contributed by atoms with van der Waals surface area (Å²) in [5.74, 6) is -0.328. The third kappa shape index (κ3) is 4.70. The molecule has 0 aromatic rings. The maximum absolute atomic E-state index is 12.2. The summed E-state index contributed by atoms with van der Waals surface area (Å²) >= 11 is 0. The van der Waals surface area contributed by atoms with Crippen molar-refractivity contribution in [2.45, 2.75) is 70.4 Å². The molecule has 2 atom stereocenters. The Morgan fingerprint density at radius 3 is 2.52 bits per heavy atom. The van der Waals surface area contributed by atoms with E-state index in [1.807, 2.05) is 4.90 Å². The first-order chi connectivity index (χ1) is 10.1. The second-order valence-corrected chi connectivity index (χ2v) is 6.53. The topological polar surface area (TPSA) is 69.6 Å². The summed E-state index contributed by atoms with van der Waals surface area (Å²) in [6.07, 6.45) is 8.44. The summed E-state index contributed by atoms with van der Waals surface area (Å²) in [6, 6.07) is -0.205. The number of carboxylic acid groups (broad SMARTS) is 1. The second-order valence-electron chi connectivity index (χ2n) is 6.53. The van der Waals surface area contributed by atoms with Crippen LogP contribution >= 0.6 is 0 Å². The molecular weight excluding hydrogens is 268 g/mol. The molecule has 0 aromatic heterocycles. The fourth-order valence-electron chi connectivity index (χ4n) is 3.61. The lowest BCUT2D eigenvalue weighted by Crippen LogP contribution is -2.52. The highest BCUT2D eigenvalue weighted by molar-refractivity contribution is 5.80. The van der Waals surface area contributed by atoms with Crippen molar-refractivity contribution >= 4 is 11.9 Å². The van der Waals surface area contributed by atoms with Gasteiger partial charge in [-0.1, -0.05) is 32.6 Å². The summed E-state index contributed by atoms with van der Waals surface area (Å²) in [5.41, 5.74) is 0. The van der Waals surface area contributed by atoms with E-state index in [2.05, 4.69) is 12.2 Å². The van der Waals surface area contributed by atoms with Crippen molar-refractivity contribution in [2.24, 2.45) is 5.92 Å². The number of carbonyl (C=O) groups excluding carboxylic acids is 1. The predicted molar refractivity (Wildman–Crippen MR) is 81.0 cm³/mol. The Bertz CT molecular complexity index is 367. The van der Waals surface area contributed by atoms with Gasteiger partial charge in [-0.3, -0.25) is 14.5 Å². The molecule has 0 spiro atoms. The number of likely N-dealkylation sites (tertiary alicyclic amines) is 1. The van der Waals surface area contributed by atoms with Gasteiger partial charge in [0.1, 0.15) is 6.04 Å². The molecule has 2 N–H and O–H groups in total. The number of hydrogen-bond acceptors (Lipinski definition) is 3. The van der Waals surface area contributed by atoms with E-state index in [0.29, 0.717) is 24.9 Å². The van der Waals surface area contributed by atoms with Crippen LogP contribution in [0.1, 0.15) is 58.3 Å². The quantitative estimate of drug-likeness (QED) is 0.814. The van der Waals surface area contributed by atoms with Crippen LogP contribution < -0.4 is 5.32 Å². The average Bonchev–Trinajstić information content (AvgIpc) is 2.48. The Kier molecular flexibility index (Phi) is 6.03. The zero-order chi connectivity index (χ0) is 15.2. The van der Waals surface area contributed by atoms with E-state index in [9.17, 15) is 14.7 Å². The van der Waals surface area contributed by atoms with Crippen LogP contribution in [0.3, 0.4) is 0 Å². The van der Waals surface area contributed by atoms with E-state index in [1.165, 1.54) is 19.3 Å². The molecule has 1 saturated heterocycles. The van der Waals surface area contributed by atoms with Gasteiger partial charge >= 0.3 is 5.97 Å². The van der Waals surface area contributed by atoms with E-state index in [0.717, 1.165) is 25.7 Å². The van der Waals surface area contributed by atoms with Crippen molar-refractivity contribution in [1.82, 2.24) is 10.2 Å². The van der Waals surface area contributed by atoms with Gasteiger partial charge in [0, 0.05) is 6.04 Å². The van der Waals surface area contributed by atoms with Gasteiger partial charge < -0.3 is 10.4 Å². The minimum absolute atomic E-state index is 0.0110. The van der Waals surface area contributed by atoms with Gasteiger partial charge in [0.25, 0.3) is 0 Å². The fraction of sp³-hybridized carbons (Fsp3) is 0.875. The molecule has 1 amide bonds. The Hall–Kier alpha value is -1.10. The lowest BCUT2D eigenvalue weighted by atomic mass is 9.89. The molecule has 2 unspecified atom stereocenters. The van der Waals surface area contributed by atoms with Crippen LogP contribution in [0.5, 0.6) is 0 Å². The molecular formula is C16H28N2O3. The summed E-state index contributed by atoms with van der Waals surface area (Å²) < 4.78 is 0. The Balaban J connectivity index is 1.84. The minimum atomic E-state index is -0.793. The molecule has 5 nitrogen and oxygen atoms in total. The van der Waals surface area contributed by atoms with Crippen LogP contribution in [0.2, 0.25) is 0 Å². The third-order valence-electron chi connectivity index (χ3n) is 5.00. The maximum Gasteiger partial charge on any atom is 0.320 e. The first-order valence-corrected chi connectivity index (χ1v) is 8.36. The highest BCUT2D eigenvalue weighted by Crippen LogP contribution is 2.25. The van der Waals surface area contributed by atoms with Gasteiger partial charge in [-0.05, 0) is 38.1 Å². The van der Waals surface area contributed by atoms with E-state index in [4.69, 9.17) is 0 Å². The molecule has 1 aliphatic carbocycles. The highest BCUT2D eigenvalue weighted by Gasteiger charge is 2.33. The number of amides is 1. The molecule has 1 heterocycles. The minimum Gasteiger partial charge on any atom is -0.480 e. The number of carbonyl (C=O) groups is 2. The normalized spacial score (nSPS) is 28.2. The van der Waals surface area contributed by atoms with Gasteiger partial charge in [0.15, 0.2) is 0 Å². The van der Waals surface area contributed by atoms with Gasteiger partial charge in [-0.15, -0.1) is 0 Å². The number of carboxylic acids is 1. The summed E-state index contributed by atoms with van der Waals surface area (Å²) in [6.45, 7) is 3.05. The number of nitrogens with one attached hydrogen (secondary N) is 1.